The van der Waals surface area contributed by atoms with Crippen molar-refractivity contribution in [3.8, 4) is 17.0 Å². The van der Waals surface area contributed by atoms with E-state index in [9.17, 15) is 4.79 Å². The van der Waals surface area contributed by atoms with Crippen LogP contribution in [0.25, 0.3) is 11.3 Å². The second kappa shape index (κ2) is 9.49. The molecule has 0 atom stereocenters. The molecule has 0 saturated carbocycles. The lowest BCUT2D eigenvalue weighted by atomic mass is 10.2. The Balaban J connectivity index is 1.56. The minimum Gasteiger partial charge on any atom is -0.482 e. The normalized spacial score (nSPS) is 10.7. The minimum absolute atomic E-state index is 0.117. The average molecular weight is 381 g/mol. The number of nitrogens with zero attached hydrogens (tertiary/aromatic N) is 2. The summed E-state index contributed by atoms with van der Waals surface area (Å²) in [5, 5.41) is 6.90. The van der Waals surface area contributed by atoms with Crippen LogP contribution in [0.5, 0.6) is 5.75 Å². The maximum atomic E-state index is 11.3. The number of ether oxygens (including phenoxy) is 2. The fourth-order valence-electron chi connectivity index (χ4n) is 2.26. The molecule has 7 heteroatoms. The summed E-state index contributed by atoms with van der Waals surface area (Å²) in [5.74, 6) is 0.184. The van der Waals surface area contributed by atoms with Crippen molar-refractivity contribution >= 4 is 28.7 Å². The van der Waals surface area contributed by atoms with Crippen molar-refractivity contribution in [2.45, 2.75) is 6.92 Å². The molecule has 0 amide bonds. The van der Waals surface area contributed by atoms with Crippen molar-refractivity contribution in [2.75, 3.05) is 18.6 Å². The summed E-state index contributed by atoms with van der Waals surface area (Å²) in [7, 11) is 0. The van der Waals surface area contributed by atoms with E-state index in [0.29, 0.717) is 17.5 Å². The van der Waals surface area contributed by atoms with Crippen molar-refractivity contribution in [1.29, 1.82) is 0 Å². The van der Waals surface area contributed by atoms with Crippen molar-refractivity contribution in [3.05, 3.63) is 65.5 Å². The maximum Gasteiger partial charge on any atom is 0.344 e. The van der Waals surface area contributed by atoms with Gasteiger partial charge in [-0.15, -0.1) is 11.3 Å². The second-order valence-corrected chi connectivity index (χ2v) is 6.30. The first kappa shape index (κ1) is 18.6. The van der Waals surface area contributed by atoms with E-state index in [1.807, 2.05) is 47.8 Å². The third-order valence-electron chi connectivity index (χ3n) is 3.47. The Morgan fingerprint density at radius 3 is 2.89 bits per heavy atom. The Morgan fingerprint density at radius 2 is 2.07 bits per heavy atom. The lowest BCUT2D eigenvalue weighted by Crippen LogP contribution is -2.14. The van der Waals surface area contributed by atoms with Crippen molar-refractivity contribution in [3.63, 3.8) is 0 Å². The Labute approximate surface area is 161 Å². The number of hydrogen-bond donors (Lipinski definition) is 1. The number of hydrazone groups is 1. The predicted molar refractivity (Wildman–Crippen MR) is 107 cm³/mol. The lowest BCUT2D eigenvalue weighted by molar-refractivity contribution is -0.145. The summed E-state index contributed by atoms with van der Waals surface area (Å²) < 4.78 is 10.2. The molecule has 3 aromatic rings. The van der Waals surface area contributed by atoms with Crippen LogP contribution in [0.1, 0.15) is 12.5 Å². The summed E-state index contributed by atoms with van der Waals surface area (Å²) in [6.07, 6.45) is 1.67. The number of anilines is 1. The molecule has 2 aromatic carbocycles. The molecule has 0 aliphatic carbocycles. The first-order valence-corrected chi connectivity index (χ1v) is 9.31. The van der Waals surface area contributed by atoms with Crippen LogP contribution in [0, 0.1) is 0 Å². The van der Waals surface area contributed by atoms with Gasteiger partial charge in [-0.1, -0.05) is 42.5 Å². The second-order valence-electron chi connectivity index (χ2n) is 5.44. The van der Waals surface area contributed by atoms with Gasteiger partial charge < -0.3 is 9.47 Å². The number of carbonyl (C=O) groups is 1. The van der Waals surface area contributed by atoms with Gasteiger partial charge in [0.15, 0.2) is 6.61 Å². The van der Waals surface area contributed by atoms with Crippen LogP contribution >= 0.6 is 11.3 Å². The SMILES string of the molecule is CCOC(=O)COc1cccc(C=NNc2nc(-c3ccccc3)cs2)c1. The van der Waals surface area contributed by atoms with Crippen LogP contribution in [0.2, 0.25) is 0 Å². The van der Waals surface area contributed by atoms with Gasteiger partial charge in [0.1, 0.15) is 5.75 Å². The molecule has 0 bridgehead atoms. The minimum atomic E-state index is -0.392. The highest BCUT2D eigenvalue weighted by Crippen LogP contribution is 2.24. The van der Waals surface area contributed by atoms with Crippen molar-refractivity contribution < 1.29 is 14.3 Å². The zero-order valence-corrected chi connectivity index (χ0v) is 15.6. The number of nitrogens with one attached hydrogen (secondary N) is 1. The number of benzene rings is 2. The molecule has 0 unspecified atom stereocenters. The number of hydrogen-bond acceptors (Lipinski definition) is 7. The molecule has 0 aliphatic rings. The molecule has 6 nitrogen and oxygen atoms in total. The Kier molecular flexibility index (Phi) is 6.54. The molecule has 138 valence electrons. The molecule has 3 rings (SSSR count). The van der Waals surface area contributed by atoms with Crippen LogP contribution in [-0.4, -0.2) is 30.4 Å². The fraction of sp³-hybridized carbons (Fsp3) is 0.150. The van der Waals surface area contributed by atoms with Crippen LogP contribution in [0.4, 0.5) is 5.13 Å². The summed E-state index contributed by atoms with van der Waals surface area (Å²) in [5.41, 5.74) is 5.75. The van der Waals surface area contributed by atoms with Gasteiger partial charge in [0, 0.05) is 10.9 Å². The number of thiazole rings is 1. The van der Waals surface area contributed by atoms with E-state index in [-0.39, 0.29) is 6.61 Å². The first-order valence-electron chi connectivity index (χ1n) is 8.43. The van der Waals surface area contributed by atoms with E-state index in [1.54, 1.807) is 25.3 Å². The van der Waals surface area contributed by atoms with Gasteiger partial charge in [0.05, 0.1) is 18.5 Å². The van der Waals surface area contributed by atoms with Gasteiger partial charge in [-0.25, -0.2) is 9.78 Å². The van der Waals surface area contributed by atoms with Crippen molar-refractivity contribution in [2.24, 2.45) is 5.10 Å². The van der Waals surface area contributed by atoms with Crippen LogP contribution in [-0.2, 0) is 9.53 Å². The molecule has 1 heterocycles. The third kappa shape index (κ3) is 5.65. The van der Waals surface area contributed by atoms with Crippen LogP contribution < -0.4 is 10.2 Å². The standard InChI is InChI=1S/C20H19N3O3S/c1-2-25-19(24)13-26-17-10-6-7-15(11-17)12-21-23-20-22-18(14-27-20)16-8-4-3-5-9-16/h3-12,14H,2,13H2,1H3,(H,22,23). The van der Waals surface area contributed by atoms with Crippen LogP contribution in [0.3, 0.4) is 0 Å². The van der Waals surface area contributed by atoms with E-state index in [0.717, 1.165) is 16.8 Å². The molecule has 0 radical (unpaired) electrons. The number of esters is 1. The van der Waals surface area contributed by atoms with Gasteiger partial charge in [-0.05, 0) is 24.6 Å². The molecule has 0 fully saturated rings. The molecule has 1 aromatic heterocycles. The molecular weight excluding hydrogens is 362 g/mol. The van der Waals surface area contributed by atoms with E-state index in [2.05, 4.69) is 15.5 Å². The largest absolute Gasteiger partial charge is 0.482 e. The highest BCUT2D eigenvalue weighted by molar-refractivity contribution is 7.14. The Hall–Kier alpha value is -3.19. The first-order chi connectivity index (χ1) is 13.2. The smallest absolute Gasteiger partial charge is 0.344 e. The highest BCUT2D eigenvalue weighted by atomic mass is 32.1. The monoisotopic (exact) mass is 381 g/mol. The zero-order valence-electron chi connectivity index (χ0n) is 14.8. The van der Waals surface area contributed by atoms with Gasteiger partial charge in [0.2, 0.25) is 5.13 Å². The van der Waals surface area contributed by atoms with E-state index in [1.165, 1.54) is 11.3 Å². The van der Waals surface area contributed by atoms with Gasteiger partial charge in [0.25, 0.3) is 0 Å². The number of rotatable bonds is 8. The van der Waals surface area contributed by atoms with Gasteiger partial charge in [-0.3, -0.25) is 5.43 Å². The topological polar surface area (TPSA) is 72.8 Å². The average Bonchev–Trinajstić information content (AvgIpc) is 3.17. The summed E-state index contributed by atoms with van der Waals surface area (Å²) >= 11 is 1.49. The van der Waals surface area contributed by atoms with Gasteiger partial charge >= 0.3 is 5.97 Å². The van der Waals surface area contributed by atoms with E-state index in [4.69, 9.17) is 9.47 Å². The maximum absolute atomic E-state index is 11.3. The molecule has 0 saturated heterocycles. The van der Waals surface area contributed by atoms with Gasteiger partial charge in [-0.2, -0.15) is 5.10 Å². The summed E-state index contributed by atoms with van der Waals surface area (Å²) in [4.78, 5) is 15.9. The zero-order chi connectivity index (χ0) is 18.9. The Morgan fingerprint density at radius 1 is 1.22 bits per heavy atom. The van der Waals surface area contributed by atoms with Crippen LogP contribution in [0.15, 0.2) is 65.1 Å². The molecular formula is C20H19N3O3S. The quantitative estimate of drug-likeness (QED) is 0.360. The third-order valence-corrected chi connectivity index (χ3v) is 4.21. The van der Waals surface area contributed by atoms with Crippen molar-refractivity contribution in [1.82, 2.24) is 4.98 Å². The lowest BCUT2D eigenvalue weighted by Gasteiger charge is -2.06. The molecule has 1 N–H and O–H groups in total. The molecule has 27 heavy (non-hydrogen) atoms. The summed E-state index contributed by atoms with van der Waals surface area (Å²) in [6, 6.07) is 17.3. The highest BCUT2D eigenvalue weighted by Gasteiger charge is 2.04. The molecule has 0 spiro atoms. The van der Waals surface area contributed by atoms with E-state index < -0.39 is 5.97 Å². The number of carbonyl (C=O) groups excluding carboxylic acids is 1. The Bertz CT molecular complexity index is 910. The predicted octanol–water partition coefficient (Wildman–Crippen LogP) is 4.20. The summed E-state index contributed by atoms with van der Waals surface area (Å²) in [6.45, 7) is 1.98. The number of aromatic nitrogens is 1. The van der Waals surface area contributed by atoms with E-state index >= 15 is 0 Å². The fourth-order valence-corrected chi connectivity index (χ4v) is 2.93. The molecule has 0 aliphatic heterocycles.